The van der Waals surface area contributed by atoms with Gasteiger partial charge in [-0.05, 0) is 23.8 Å². The highest BCUT2D eigenvalue weighted by Gasteiger charge is 2.44. The number of hydrogen-bond donors (Lipinski definition) is 0. The number of hydrogen-bond acceptors (Lipinski definition) is 5. The van der Waals surface area contributed by atoms with E-state index >= 15 is 0 Å². The van der Waals surface area contributed by atoms with Crippen molar-refractivity contribution in [2.75, 3.05) is 20.2 Å². The summed E-state index contributed by atoms with van der Waals surface area (Å²) >= 11 is 0. The Morgan fingerprint density at radius 1 is 1.11 bits per heavy atom. The molecule has 6 nitrogen and oxygen atoms in total. The summed E-state index contributed by atoms with van der Waals surface area (Å²) in [6.45, 7) is 0.710. The van der Waals surface area contributed by atoms with E-state index in [2.05, 4.69) is 0 Å². The first-order chi connectivity index (χ1) is 13.4. The number of nitrogens with zero attached hydrogens (tertiary/aromatic N) is 1. The Labute approximate surface area is 165 Å². The van der Waals surface area contributed by atoms with Crippen LogP contribution in [0.2, 0.25) is 0 Å². The molecule has 0 amide bonds. The fourth-order valence-corrected chi connectivity index (χ4v) is 5.46. The predicted octanol–water partition coefficient (Wildman–Crippen LogP) is 3.03. The number of fused-ring (bicyclic) bond motifs is 1. The van der Waals surface area contributed by atoms with Crippen LogP contribution in [0.3, 0.4) is 0 Å². The molecular formula is C21H23NO5S. The highest BCUT2D eigenvalue weighted by molar-refractivity contribution is 7.88. The summed E-state index contributed by atoms with van der Waals surface area (Å²) in [5, 5.41) is 0. The molecule has 2 aliphatic heterocycles. The molecule has 28 heavy (non-hydrogen) atoms. The lowest BCUT2D eigenvalue weighted by atomic mass is 9.83. The number of benzene rings is 2. The Kier molecular flexibility index (Phi) is 4.89. The number of piperidine rings is 1. The molecule has 0 atom stereocenters. The van der Waals surface area contributed by atoms with Crippen molar-refractivity contribution in [2.24, 2.45) is 0 Å². The molecule has 0 aromatic heterocycles. The fraction of sp³-hybridized carbons (Fsp3) is 0.381. The number of ether oxygens (including phenoxy) is 2. The molecule has 1 spiro atoms. The van der Waals surface area contributed by atoms with Crippen LogP contribution in [-0.4, -0.2) is 44.3 Å². The van der Waals surface area contributed by atoms with Crippen LogP contribution in [0.15, 0.2) is 48.5 Å². The zero-order valence-electron chi connectivity index (χ0n) is 15.8. The van der Waals surface area contributed by atoms with Gasteiger partial charge in [-0.25, -0.2) is 12.7 Å². The van der Waals surface area contributed by atoms with Crippen molar-refractivity contribution >= 4 is 15.8 Å². The van der Waals surface area contributed by atoms with Gasteiger partial charge in [-0.3, -0.25) is 4.79 Å². The van der Waals surface area contributed by atoms with Gasteiger partial charge in [-0.2, -0.15) is 0 Å². The van der Waals surface area contributed by atoms with Gasteiger partial charge in [0.1, 0.15) is 17.1 Å². The monoisotopic (exact) mass is 401 g/mol. The second-order valence-corrected chi connectivity index (χ2v) is 9.36. The second-order valence-electron chi connectivity index (χ2n) is 7.39. The first-order valence-corrected chi connectivity index (χ1v) is 10.9. The Balaban J connectivity index is 1.47. The number of sulfonamides is 1. The molecule has 0 radical (unpaired) electrons. The fourth-order valence-electron chi connectivity index (χ4n) is 3.93. The molecule has 0 unspecified atom stereocenters. The molecule has 2 heterocycles. The molecule has 2 aliphatic rings. The van der Waals surface area contributed by atoms with Gasteiger partial charge < -0.3 is 9.47 Å². The standard InChI is InChI=1S/C21H23NO5S/c1-26-17-7-8-20-18(13-17)19(23)14-21(27-20)9-11-22(12-10-21)28(24,25)15-16-5-3-2-4-6-16/h2-8,13H,9-12,14-15H2,1H3. The van der Waals surface area contributed by atoms with Crippen molar-refractivity contribution < 1.29 is 22.7 Å². The van der Waals surface area contributed by atoms with Crippen LogP contribution in [0.1, 0.15) is 35.2 Å². The van der Waals surface area contributed by atoms with Crippen molar-refractivity contribution in [3.63, 3.8) is 0 Å². The van der Waals surface area contributed by atoms with Gasteiger partial charge in [0.2, 0.25) is 10.0 Å². The van der Waals surface area contributed by atoms with E-state index in [4.69, 9.17) is 9.47 Å². The van der Waals surface area contributed by atoms with E-state index in [-0.39, 0.29) is 18.0 Å². The van der Waals surface area contributed by atoms with Crippen LogP contribution in [-0.2, 0) is 15.8 Å². The average Bonchev–Trinajstić information content (AvgIpc) is 2.68. The number of carbonyl (C=O) groups excluding carboxylic acids is 1. The minimum atomic E-state index is -3.40. The van der Waals surface area contributed by atoms with Gasteiger partial charge in [0.15, 0.2) is 5.78 Å². The predicted molar refractivity (Wildman–Crippen MR) is 105 cm³/mol. The maximum atomic E-state index is 12.8. The number of carbonyl (C=O) groups is 1. The van der Waals surface area contributed by atoms with Crippen molar-refractivity contribution in [1.29, 1.82) is 0 Å². The highest BCUT2D eigenvalue weighted by atomic mass is 32.2. The molecule has 4 rings (SSSR count). The zero-order valence-corrected chi connectivity index (χ0v) is 16.6. The van der Waals surface area contributed by atoms with E-state index in [0.29, 0.717) is 43.0 Å². The van der Waals surface area contributed by atoms with Crippen LogP contribution in [0, 0.1) is 0 Å². The maximum absolute atomic E-state index is 12.8. The summed E-state index contributed by atoms with van der Waals surface area (Å²) in [5.74, 6) is 1.18. The Bertz CT molecular complexity index is 979. The average molecular weight is 401 g/mol. The second kappa shape index (κ2) is 7.22. The molecule has 7 heteroatoms. The molecule has 1 fully saturated rings. The third-order valence-electron chi connectivity index (χ3n) is 5.52. The number of ketones is 1. The minimum Gasteiger partial charge on any atom is -0.497 e. The number of rotatable bonds is 4. The van der Waals surface area contributed by atoms with E-state index in [1.807, 2.05) is 30.3 Å². The van der Waals surface area contributed by atoms with Crippen LogP contribution >= 0.6 is 0 Å². The quantitative estimate of drug-likeness (QED) is 0.787. The Hall–Kier alpha value is -2.38. The summed E-state index contributed by atoms with van der Waals surface area (Å²) in [5.41, 5.74) is 0.677. The first kappa shape index (κ1) is 19.0. The summed E-state index contributed by atoms with van der Waals surface area (Å²) in [7, 11) is -1.84. The lowest BCUT2D eigenvalue weighted by molar-refractivity contribution is 0.00582. The summed E-state index contributed by atoms with van der Waals surface area (Å²) in [6.07, 6.45) is 1.26. The van der Waals surface area contributed by atoms with Crippen LogP contribution < -0.4 is 9.47 Å². The van der Waals surface area contributed by atoms with Crippen molar-refractivity contribution in [1.82, 2.24) is 4.31 Å². The van der Waals surface area contributed by atoms with Gasteiger partial charge >= 0.3 is 0 Å². The third-order valence-corrected chi connectivity index (χ3v) is 7.37. The van der Waals surface area contributed by atoms with Crippen LogP contribution in [0.5, 0.6) is 11.5 Å². The molecule has 148 valence electrons. The van der Waals surface area contributed by atoms with Crippen molar-refractivity contribution in [3.05, 3.63) is 59.7 Å². The van der Waals surface area contributed by atoms with Gasteiger partial charge in [-0.15, -0.1) is 0 Å². The van der Waals surface area contributed by atoms with Gasteiger partial charge in [0.25, 0.3) is 0 Å². The Morgan fingerprint density at radius 3 is 2.50 bits per heavy atom. The largest absolute Gasteiger partial charge is 0.497 e. The van der Waals surface area contributed by atoms with E-state index in [1.54, 1.807) is 25.3 Å². The Morgan fingerprint density at radius 2 is 1.82 bits per heavy atom. The molecule has 0 N–H and O–H groups in total. The molecule has 2 aromatic carbocycles. The van der Waals surface area contributed by atoms with E-state index in [9.17, 15) is 13.2 Å². The minimum absolute atomic E-state index is 0.0107. The van der Waals surface area contributed by atoms with Gasteiger partial charge in [-0.1, -0.05) is 30.3 Å². The highest BCUT2D eigenvalue weighted by Crippen LogP contribution is 2.41. The first-order valence-electron chi connectivity index (χ1n) is 9.33. The maximum Gasteiger partial charge on any atom is 0.218 e. The topological polar surface area (TPSA) is 72.9 Å². The zero-order chi connectivity index (χ0) is 19.8. The normalized spacial score (nSPS) is 19.1. The molecule has 2 aromatic rings. The van der Waals surface area contributed by atoms with Crippen molar-refractivity contribution in [2.45, 2.75) is 30.6 Å². The summed E-state index contributed by atoms with van der Waals surface area (Å²) in [4.78, 5) is 12.7. The summed E-state index contributed by atoms with van der Waals surface area (Å²) < 4.78 is 38.4. The molecule has 0 saturated carbocycles. The molecule has 0 bridgehead atoms. The SMILES string of the molecule is COc1ccc2c(c1)C(=O)CC1(CCN(S(=O)(=O)Cc3ccccc3)CC1)O2. The molecule has 1 saturated heterocycles. The third kappa shape index (κ3) is 3.64. The van der Waals surface area contributed by atoms with Crippen molar-refractivity contribution in [3.8, 4) is 11.5 Å². The number of methoxy groups -OCH3 is 1. The molecular weight excluding hydrogens is 378 g/mol. The lowest BCUT2D eigenvalue weighted by Crippen LogP contribution is -2.52. The van der Waals surface area contributed by atoms with E-state index in [1.165, 1.54) is 4.31 Å². The van der Waals surface area contributed by atoms with Gasteiger partial charge in [0, 0.05) is 25.9 Å². The smallest absolute Gasteiger partial charge is 0.218 e. The van der Waals surface area contributed by atoms with E-state index in [0.717, 1.165) is 5.56 Å². The van der Waals surface area contributed by atoms with Crippen LogP contribution in [0.4, 0.5) is 0 Å². The van der Waals surface area contributed by atoms with E-state index < -0.39 is 15.6 Å². The summed E-state index contributed by atoms with van der Waals surface area (Å²) in [6, 6.07) is 14.4. The van der Waals surface area contributed by atoms with Crippen LogP contribution in [0.25, 0.3) is 0 Å². The number of Topliss-reactive ketones (excluding diaryl/α,β-unsaturated/α-hetero) is 1. The van der Waals surface area contributed by atoms with Gasteiger partial charge in [0.05, 0.1) is 24.8 Å². The lowest BCUT2D eigenvalue weighted by Gasteiger charge is -2.43. The molecule has 0 aliphatic carbocycles.